The van der Waals surface area contributed by atoms with Gasteiger partial charge in [0.15, 0.2) is 5.01 Å². The maximum atomic E-state index is 12.6. The molecule has 1 fully saturated rings. The Balaban J connectivity index is 1.33. The van der Waals surface area contributed by atoms with Crippen LogP contribution in [0.4, 0.5) is 10.8 Å². The van der Waals surface area contributed by atoms with E-state index in [-0.39, 0.29) is 24.8 Å². The lowest BCUT2D eigenvalue weighted by Crippen LogP contribution is -2.28. The molecule has 0 spiro atoms. The summed E-state index contributed by atoms with van der Waals surface area (Å²) in [5, 5.41) is 11.8. The molecule has 1 aliphatic rings. The van der Waals surface area contributed by atoms with Gasteiger partial charge >= 0.3 is 0 Å². The molecule has 1 aliphatic heterocycles. The van der Waals surface area contributed by atoms with Crippen LogP contribution in [0.1, 0.15) is 11.4 Å². The van der Waals surface area contributed by atoms with E-state index in [0.29, 0.717) is 22.4 Å². The average Bonchev–Trinajstić information content (AvgIpc) is 3.39. The highest BCUT2D eigenvalue weighted by atomic mass is 32.1. The highest BCUT2D eigenvalue weighted by molar-refractivity contribution is 7.15. The maximum absolute atomic E-state index is 12.6. The zero-order valence-corrected chi connectivity index (χ0v) is 17.1. The van der Waals surface area contributed by atoms with Crippen molar-refractivity contribution in [2.24, 2.45) is 5.92 Å². The quantitative estimate of drug-likeness (QED) is 0.626. The van der Waals surface area contributed by atoms with Crippen LogP contribution in [0.3, 0.4) is 0 Å². The Morgan fingerprint density at radius 3 is 2.63 bits per heavy atom. The largest absolute Gasteiger partial charge is 0.497 e. The Hall–Kier alpha value is -3.46. The Bertz CT molecular complexity index is 1020. The summed E-state index contributed by atoms with van der Waals surface area (Å²) in [5.41, 5.74) is 0.743. The van der Waals surface area contributed by atoms with Crippen LogP contribution in [0.15, 0.2) is 54.6 Å². The van der Waals surface area contributed by atoms with Crippen molar-refractivity contribution in [2.45, 2.75) is 13.0 Å². The molecule has 1 saturated heterocycles. The first kappa shape index (κ1) is 19.8. The van der Waals surface area contributed by atoms with Gasteiger partial charge in [-0.25, -0.2) is 0 Å². The predicted octanol–water partition coefficient (Wildman–Crippen LogP) is 3.12. The van der Waals surface area contributed by atoms with E-state index >= 15 is 0 Å². The first-order valence-corrected chi connectivity index (χ1v) is 10.2. The summed E-state index contributed by atoms with van der Waals surface area (Å²) in [6, 6.07) is 16.6. The normalized spacial score (nSPS) is 15.8. The smallest absolute Gasteiger partial charge is 0.231 e. The number of benzene rings is 2. The fourth-order valence-electron chi connectivity index (χ4n) is 3.13. The Labute approximate surface area is 177 Å². The van der Waals surface area contributed by atoms with Crippen molar-refractivity contribution in [1.29, 1.82) is 0 Å². The van der Waals surface area contributed by atoms with Gasteiger partial charge in [0, 0.05) is 18.7 Å². The van der Waals surface area contributed by atoms with E-state index in [1.807, 2.05) is 30.3 Å². The molecule has 0 bridgehead atoms. The van der Waals surface area contributed by atoms with Crippen molar-refractivity contribution in [2.75, 3.05) is 23.9 Å². The molecule has 1 atom stereocenters. The van der Waals surface area contributed by atoms with E-state index in [1.54, 1.807) is 36.3 Å². The molecule has 4 rings (SSSR count). The van der Waals surface area contributed by atoms with Crippen molar-refractivity contribution in [3.63, 3.8) is 0 Å². The Kier molecular flexibility index (Phi) is 5.89. The van der Waals surface area contributed by atoms with Crippen LogP contribution in [0.5, 0.6) is 11.5 Å². The molecule has 0 radical (unpaired) electrons. The van der Waals surface area contributed by atoms with Crippen LogP contribution < -0.4 is 19.7 Å². The van der Waals surface area contributed by atoms with Gasteiger partial charge in [-0.2, -0.15) is 0 Å². The number of amides is 2. The third-order valence-corrected chi connectivity index (χ3v) is 5.49. The van der Waals surface area contributed by atoms with Crippen molar-refractivity contribution in [3.8, 4) is 11.5 Å². The van der Waals surface area contributed by atoms with Crippen LogP contribution in [0.25, 0.3) is 0 Å². The molecule has 8 nitrogen and oxygen atoms in total. The molecule has 0 saturated carbocycles. The fourth-order valence-corrected chi connectivity index (χ4v) is 3.78. The van der Waals surface area contributed by atoms with Crippen LogP contribution in [0, 0.1) is 5.92 Å². The summed E-state index contributed by atoms with van der Waals surface area (Å²) in [4.78, 5) is 26.6. The topological polar surface area (TPSA) is 93.7 Å². The van der Waals surface area contributed by atoms with E-state index in [9.17, 15) is 9.59 Å². The Morgan fingerprint density at radius 2 is 1.90 bits per heavy atom. The molecule has 9 heteroatoms. The number of nitrogens with zero attached hydrogens (tertiary/aromatic N) is 3. The van der Waals surface area contributed by atoms with Crippen molar-refractivity contribution in [1.82, 2.24) is 10.2 Å². The minimum absolute atomic E-state index is 0.0884. The number of hydrogen-bond acceptors (Lipinski definition) is 7. The van der Waals surface area contributed by atoms with E-state index in [4.69, 9.17) is 9.47 Å². The first-order chi connectivity index (χ1) is 14.6. The summed E-state index contributed by atoms with van der Waals surface area (Å²) >= 11 is 1.25. The minimum atomic E-state index is -0.451. The van der Waals surface area contributed by atoms with Gasteiger partial charge in [0.1, 0.15) is 18.1 Å². The van der Waals surface area contributed by atoms with Crippen LogP contribution in [0.2, 0.25) is 0 Å². The molecule has 2 amide bonds. The fraction of sp³-hybridized carbons (Fsp3) is 0.238. The molecule has 0 aliphatic carbocycles. The van der Waals surface area contributed by atoms with Crippen molar-refractivity contribution < 1.29 is 19.1 Å². The molecule has 2 heterocycles. The van der Waals surface area contributed by atoms with E-state index in [2.05, 4.69) is 15.5 Å². The summed E-state index contributed by atoms with van der Waals surface area (Å²) in [7, 11) is 1.59. The number of carbonyl (C=O) groups excluding carboxylic acids is 2. The van der Waals surface area contributed by atoms with Crippen LogP contribution in [-0.4, -0.2) is 35.7 Å². The third-order valence-electron chi connectivity index (χ3n) is 4.68. The van der Waals surface area contributed by atoms with Crippen molar-refractivity contribution in [3.05, 3.63) is 59.6 Å². The summed E-state index contributed by atoms with van der Waals surface area (Å²) in [6.07, 6.45) is 0.153. The molecule has 1 unspecified atom stereocenters. The second-order valence-corrected chi connectivity index (χ2v) is 7.76. The lowest BCUT2D eigenvalue weighted by Gasteiger charge is -2.16. The summed E-state index contributed by atoms with van der Waals surface area (Å²) < 4.78 is 10.8. The number of ether oxygens (including phenoxy) is 2. The minimum Gasteiger partial charge on any atom is -0.497 e. The van der Waals surface area contributed by atoms with Gasteiger partial charge in [-0.1, -0.05) is 29.5 Å². The van der Waals surface area contributed by atoms with Gasteiger partial charge in [-0.3, -0.25) is 9.59 Å². The van der Waals surface area contributed by atoms with E-state index in [1.165, 1.54) is 11.3 Å². The highest BCUT2D eigenvalue weighted by Gasteiger charge is 2.35. The maximum Gasteiger partial charge on any atom is 0.231 e. The number of hydrogen-bond donors (Lipinski definition) is 1. The van der Waals surface area contributed by atoms with Gasteiger partial charge < -0.3 is 19.7 Å². The predicted molar refractivity (Wildman–Crippen MR) is 113 cm³/mol. The number of nitrogens with one attached hydrogen (secondary N) is 1. The van der Waals surface area contributed by atoms with Gasteiger partial charge in [-0.15, -0.1) is 10.2 Å². The number of aromatic nitrogens is 2. The zero-order valence-electron chi connectivity index (χ0n) is 16.3. The van der Waals surface area contributed by atoms with Gasteiger partial charge in [-0.05, 0) is 36.4 Å². The number of methoxy groups -OCH3 is 1. The summed E-state index contributed by atoms with van der Waals surface area (Å²) in [6.45, 7) is 0.588. The third kappa shape index (κ3) is 4.57. The Morgan fingerprint density at radius 1 is 1.13 bits per heavy atom. The van der Waals surface area contributed by atoms with E-state index < -0.39 is 5.92 Å². The van der Waals surface area contributed by atoms with Gasteiger partial charge in [0.05, 0.1) is 13.0 Å². The number of rotatable bonds is 7. The second kappa shape index (κ2) is 8.91. The van der Waals surface area contributed by atoms with E-state index in [0.717, 1.165) is 11.4 Å². The molecular weight excluding hydrogens is 404 g/mol. The van der Waals surface area contributed by atoms with Crippen LogP contribution >= 0.6 is 11.3 Å². The van der Waals surface area contributed by atoms with Gasteiger partial charge in [0.2, 0.25) is 16.9 Å². The summed E-state index contributed by atoms with van der Waals surface area (Å²) in [5.74, 6) is 0.664. The SMILES string of the molecule is COc1ccc(N2CC(C(=O)Nc3nnc(COc4ccccc4)s3)CC2=O)cc1. The zero-order chi connectivity index (χ0) is 20.9. The van der Waals surface area contributed by atoms with Crippen molar-refractivity contribution >= 4 is 34.0 Å². The molecule has 3 aromatic rings. The van der Waals surface area contributed by atoms with Gasteiger partial charge in [0.25, 0.3) is 0 Å². The molecular formula is C21H20N4O4S. The van der Waals surface area contributed by atoms with Crippen LogP contribution in [-0.2, 0) is 16.2 Å². The first-order valence-electron chi connectivity index (χ1n) is 9.38. The highest BCUT2D eigenvalue weighted by Crippen LogP contribution is 2.28. The number of para-hydroxylation sites is 1. The standard InChI is InChI=1S/C21H20N4O4S/c1-28-16-9-7-15(8-10-16)25-12-14(11-19(25)26)20(27)22-21-24-23-18(30-21)13-29-17-5-3-2-4-6-17/h2-10,14H,11-13H2,1H3,(H,22,24,27). The second-order valence-electron chi connectivity index (χ2n) is 6.70. The lowest BCUT2D eigenvalue weighted by molar-refractivity contribution is -0.122. The molecule has 154 valence electrons. The molecule has 1 N–H and O–H groups in total. The molecule has 30 heavy (non-hydrogen) atoms. The monoisotopic (exact) mass is 424 g/mol. The molecule has 2 aromatic carbocycles. The number of carbonyl (C=O) groups is 2. The average molecular weight is 424 g/mol. The number of anilines is 2. The lowest BCUT2D eigenvalue weighted by atomic mass is 10.1. The molecule has 1 aromatic heterocycles.